The molecule has 2 heterocycles. The number of carbonyl (C=O) groups excluding carboxylic acids is 2. The van der Waals surface area contributed by atoms with Crippen LogP contribution in [0.5, 0.6) is 0 Å². The predicted octanol–water partition coefficient (Wildman–Crippen LogP) is 2.92. The number of hydrogen-bond donors (Lipinski definition) is 2. The molecule has 0 bridgehead atoms. The van der Waals surface area contributed by atoms with Crippen molar-refractivity contribution in [2.75, 3.05) is 11.4 Å². The first-order valence-corrected chi connectivity index (χ1v) is 8.69. The van der Waals surface area contributed by atoms with Crippen LogP contribution in [0.1, 0.15) is 24.5 Å². The molecule has 0 saturated heterocycles. The number of H-pyrrole nitrogens is 1. The van der Waals surface area contributed by atoms with Crippen molar-refractivity contribution >= 4 is 28.3 Å². The van der Waals surface area contributed by atoms with Crippen molar-refractivity contribution in [3.63, 3.8) is 0 Å². The number of fused-ring (bicyclic) bond motifs is 2. The van der Waals surface area contributed by atoms with E-state index in [0.29, 0.717) is 24.2 Å². The van der Waals surface area contributed by atoms with Crippen LogP contribution in [0.25, 0.3) is 10.9 Å². The van der Waals surface area contributed by atoms with Gasteiger partial charge in [-0.15, -0.1) is 0 Å². The van der Waals surface area contributed by atoms with Gasteiger partial charge in [0.1, 0.15) is 5.78 Å². The van der Waals surface area contributed by atoms with Crippen LogP contribution in [0, 0.1) is 0 Å². The van der Waals surface area contributed by atoms with Gasteiger partial charge < -0.3 is 15.0 Å². The molecule has 5 nitrogen and oxygen atoms in total. The monoisotopic (exact) mass is 348 g/mol. The minimum absolute atomic E-state index is 0.202. The molecule has 2 aromatic carbocycles. The maximum absolute atomic E-state index is 13.0. The Kier molecular flexibility index (Phi) is 3.89. The number of nitrogens with zero attached hydrogens (tertiary/aromatic N) is 1. The van der Waals surface area contributed by atoms with E-state index in [-0.39, 0.29) is 12.2 Å². The topological polar surface area (TPSA) is 73.4 Å². The van der Waals surface area contributed by atoms with Crippen LogP contribution in [0.4, 0.5) is 5.69 Å². The smallest absolute Gasteiger partial charge is 0.264 e. The fraction of sp³-hybridized carbons (Fsp3) is 0.238. The number of aliphatic hydroxyl groups is 1. The second-order valence-electron chi connectivity index (χ2n) is 6.82. The summed E-state index contributed by atoms with van der Waals surface area (Å²) in [6.07, 6.45) is 2.41. The zero-order valence-corrected chi connectivity index (χ0v) is 14.5. The number of aromatic nitrogens is 1. The van der Waals surface area contributed by atoms with Gasteiger partial charge in [-0.2, -0.15) is 0 Å². The molecule has 1 atom stereocenters. The molecular formula is C21H20N2O3. The number of ketones is 1. The molecule has 1 aliphatic heterocycles. The van der Waals surface area contributed by atoms with Crippen molar-refractivity contribution in [1.82, 2.24) is 4.98 Å². The molecule has 3 aromatic rings. The highest BCUT2D eigenvalue weighted by Crippen LogP contribution is 2.42. The Hall–Kier alpha value is -2.92. The molecule has 1 aromatic heterocycles. The van der Waals surface area contributed by atoms with Crippen molar-refractivity contribution < 1.29 is 14.7 Å². The highest BCUT2D eigenvalue weighted by atomic mass is 16.3. The molecule has 2 N–H and O–H groups in total. The Labute approximate surface area is 151 Å². The summed E-state index contributed by atoms with van der Waals surface area (Å²) in [5, 5.41) is 12.1. The van der Waals surface area contributed by atoms with Crippen molar-refractivity contribution in [2.24, 2.45) is 0 Å². The van der Waals surface area contributed by atoms with E-state index in [4.69, 9.17) is 0 Å². The van der Waals surface area contributed by atoms with E-state index in [9.17, 15) is 14.7 Å². The summed E-state index contributed by atoms with van der Waals surface area (Å²) in [6, 6.07) is 15.2. The molecule has 4 rings (SSSR count). The zero-order chi connectivity index (χ0) is 18.3. The predicted molar refractivity (Wildman–Crippen MR) is 100.0 cm³/mol. The fourth-order valence-corrected chi connectivity index (χ4v) is 3.83. The van der Waals surface area contributed by atoms with Crippen LogP contribution >= 0.6 is 0 Å². The number of rotatable bonds is 5. The van der Waals surface area contributed by atoms with Gasteiger partial charge in [-0.25, -0.2) is 0 Å². The maximum Gasteiger partial charge on any atom is 0.264 e. The Morgan fingerprint density at radius 2 is 1.88 bits per heavy atom. The van der Waals surface area contributed by atoms with Gasteiger partial charge in [-0.3, -0.25) is 9.59 Å². The molecule has 1 amide bonds. The molecule has 1 unspecified atom stereocenters. The number of para-hydroxylation sites is 2. The van der Waals surface area contributed by atoms with E-state index in [0.717, 1.165) is 16.5 Å². The Morgan fingerprint density at radius 1 is 1.15 bits per heavy atom. The lowest BCUT2D eigenvalue weighted by Gasteiger charge is -2.22. The van der Waals surface area contributed by atoms with Gasteiger partial charge in [0, 0.05) is 35.6 Å². The fourth-order valence-electron chi connectivity index (χ4n) is 3.83. The molecule has 26 heavy (non-hydrogen) atoms. The maximum atomic E-state index is 13.0. The molecule has 5 heteroatoms. The van der Waals surface area contributed by atoms with Gasteiger partial charge >= 0.3 is 0 Å². The average Bonchev–Trinajstić information content (AvgIpc) is 3.12. The van der Waals surface area contributed by atoms with Crippen molar-refractivity contribution in [3.05, 3.63) is 65.9 Å². The normalized spacial score (nSPS) is 19.2. The van der Waals surface area contributed by atoms with Crippen LogP contribution in [-0.2, 0) is 21.6 Å². The number of hydrogen-bond acceptors (Lipinski definition) is 3. The van der Waals surface area contributed by atoms with Crippen LogP contribution in [0.3, 0.4) is 0 Å². The first-order chi connectivity index (χ1) is 12.5. The zero-order valence-electron chi connectivity index (χ0n) is 14.5. The second-order valence-corrected chi connectivity index (χ2v) is 6.82. The van der Waals surface area contributed by atoms with Crippen LogP contribution in [0.2, 0.25) is 0 Å². The average molecular weight is 348 g/mol. The lowest BCUT2D eigenvalue weighted by atomic mass is 9.90. The summed E-state index contributed by atoms with van der Waals surface area (Å²) < 4.78 is 0. The van der Waals surface area contributed by atoms with E-state index in [1.807, 2.05) is 42.6 Å². The van der Waals surface area contributed by atoms with E-state index in [1.54, 1.807) is 17.0 Å². The first kappa shape index (κ1) is 16.5. The van der Waals surface area contributed by atoms with E-state index in [2.05, 4.69) is 4.98 Å². The highest BCUT2D eigenvalue weighted by Gasteiger charge is 2.49. The van der Waals surface area contributed by atoms with Crippen molar-refractivity contribution in [3.8, 4) is 0 Å². The van der Waals surface area contributed by atoms with Gasteiger partial charge in [0.15, 0.2) is 5.60 Å². The molecule has 132 valence electrons. The highest BCUT2D eigenvalue weighted by molar-refractivity contribution is 6.08. The summed E-state index contributed by atoms with van der Waals surface area (Å²) in [7, 11) is 0. The van der Waals surface area contributed by atoms with Crippen LogP contribution in [-0.4, -0.2) is 28.3 Å². The van der Waals surface area contributed by atoms with Gasteiger partial charge in [-0.05, 0) is 31.0 Å². The molecule has 0 aliphatic carbocycles. The van der Waals surface area contributed by atoms with E-state index in [1.165, 1.54) is 6.92 Å². The van der Waals surface area contributed by atoms with E-state index < -0.39 is 11.5 Å². The number of Topliss-reactive ketones (excluding diaryl/α,β-unsaturated/α-hetero) is 1. The number of aromatic amines is 1. The second kappa shape index (κ2) is 6.11. The lowest BCUT2D eigenvalue weighted by Crippen LogP contribution is -2.42. The summed E-state index contributed by atoms with van der Waals surface area (Å²) >= 11 is 0. The standard InChI is InChI=1S/C21H20N2O3/c1-14(24)12-21(26)17-7-3-5-9-19(17)23(20(21)25)11-10-15-13-22-18-8-4-2-6-16(15)18/h2-9,13,22,26H,10-12H2,1H3. The largest absolute Gasteiger partial charge is 0.375 e. The van der Waals surface area contributed by atoms with Crippen LogP contribution in [0.15, 0.2) is 54.7 Å². The molecular weight excluding hydrogens is 328 g/mol. The molecule has 0 fully saturated rings. The SMILES string of the molecule is CC(=O)CC1(O)C(=O)N(CCc2c[nH]c3ccccc23)c2ccccc21. The first-order valence-electron chi connectivity index (χ1n) is 8.69. The summed E-state index contributed by atoms with van der Waals surface area (Å²) in [5.74, 6) is -0.636. The lowest BCUT2D eigenvalue weighted by molar-refractivity contribution is -0.141. The van der Waals surface area contributed by atoms with Gasteiger partial charge in [0.25, 0.3) is 5.91 Å². The van der Waals surface area contributed by atoms with Gasteiger partial charge in [0.05, 0.1) is 5.69 Å². The number of nitrogens with one attached hydrogen (secondary N) is 1. The number of benzene rings is 2. The third kappa shape index (κ3) is 2.52. The number of carbonyl (C=O) groups is 2. The third-order valence-corrected chi connectivity index (χ3v) is 5.02. The minimum Gasteiger partial charge on any atom is -0.375 e. The van der Waals surface area contributed by atoms with Gasteiger partial charge in [-0.1, -0.05) is 36.4 Å². The molecule has 0 radical (unpaired) electrons. The summed E-state index contributed by atoms with van der Waals surface area (Å²) in [6.45, 7) is 1.83. The molecule has 0 saturated carbocycles. The summed E-state index contributed by atoms with van der Waals surface area (Å²) in [5.41, 5.74) is 1.61. The van der Waals surface area contributed by atoms with Crippen LogP contribution < -0.4 is 4.90 Å². The number of amides is 1. The van der Waals surface area contributed by atoms with Crippen molar-refractivity contribution in [2.45, 2.75) is 25.4 Å². The van der Waals surface area contributed by atoms with Gasteiger partial charge in [0.2, 0.25) is 0 Å². The number of anilines is 1. The Morgan fingerprint density at radius 3 is 2.69 bits per heavy atom. The molecule has 0 spiro atoms. The minimum atomic E-state index is -1.76. The third-order valence-electron chi connectivity index (χ3n) is 5.02. The Bertz CT molecular complexity index is 1010. The molecule has 1 aliphatic rings. The Balaban J connectivity index is 1.64. The quantitative estimate of drug-likeness (QED) is 0.744. The van der Waals surface area contributed by atoms with Crippen molar-refractivity contribution in [1.29, 1.82) is 0 Å². The summed E-state index contributed by atoms with van der Waals surface area (Å²) in [4.78, 5) is 29.4. The van der Waals surface area contributed by atoms with E-state index >= 15 is 0 Å².